The molecule has 130 valence electrons. The molecule has 1 fully saturated rings. The zero-order valence-corrected chi connectivity index (χ0v) is 15.0. The van der Waals surface area contributed by atoms with Crippen molar-refractivity contribution >= 4 is 5.91 Å². The normalized spacial score (nSPS) is 25.4. The van der Waals surface area contributed by atoms with E-state index in [4.69, 9.17) is 5.73 Å². The van der Waals surface area contributed by atoms with Crippen molar-refractivity contribution in [3.63, 3.8) is 0 Å². The highest BCUT2D eigenvalue weighted by Crippen LogP contribution is 2.53. The molecule has 2 aliphatic rings. The highest BCUT2D eigenvalue weighted by atomic mass is 16.1. The minimum Gasteiger partial charge on any atom is -0.366 e. The molecule has 1 heterocycles. The summed E-state index contributed by atoms with van der Waals surface area (Å²) in [5.74, 6) is 1.34. The number of primary amides is 1. The first-order chi connectivity index (χ1) is 12.1. The number of amides is 1. The quantitative estimate of drug-likeness (QED) is 0.931. The van der Waals surface area contributed by atoms with Gasteiger partial charge in [-0.15, -0.1) is 0 Å². The Morgan fingerprint density at radius 1 is 1.16 bits per heavy atom. The predicted molar refractivity (Wildman–Crippen MR) is 101 cm³/mol. The van der Waals surface area contributed by atoms with Crippen LogP contribution in [0, 0.1) is 12.8 Å². The summed E-state index contributed by atoms with van der Waals surface area (Å²) in [4.78, 5) is 14.0. The Morgan fingerprint density at radius 3 is 2.60 bits per heavy atom. The Bertz CT molecular complexity index is 796. The van der Waals surface area contributed by atoms with E-state index in [0.29, 0.717) is 23.3 Å². The number of rotatable bonds is 3. The van der Waals surface area contributed by atoms with Crippen molar-refractivity contribution in [2.24, 2.45) is 11.7 Å². The zero-order chi connectivity index (χ0) is 17.6. The van der Waals surface area contributed by atoms with E-state index in [2.05, 4.69) is 49.1 Å². The average molecular weight is 334 g/mol. The van der Waals surface area contributed by atoms with E-state index in [1.165, 1.54) is 35.2 Å². The highest BCUT2D eigenvalue weighted by Gasteiger charge is 2.43. The van der Waals surface area contributed by atoms with Crippen molar-refractivity contribution in [3.8, 4) is 0 Å². The van der Waals surface area contributed by atoms with E-state index in [-0.39, 0.29) is 5.91 Å². The molecule has 3 nitrogen and oxygen atoms in total. The number of carbonyl (C=O) groups is 1. The summed E-state index contributed by atoms with van der Waals surface area (Å²) in [5.41, 5.74) is 11.6. The van der Waals surface area contributed by atoms with Crippen molar-refractivity contribution in [1.29, 1.82) is 0 Å². The lowest BCUT2D eigenvalue weighted by Gasteiger charge is -2.37. The largest absolute Gasteiger partial charge is 0.366 e. The summed E-state index contributed by atoms with van der Waals surface area (Å²) in [6, 6.07) is 14.9. The molecular weight excluding hydrogens is 308 g/mol. The van der Waals surface area contributed by atoms with Gasteiger partial charge in [0, 0.05) is 23.9 Å². The van der Waals surface area contributed by atoms with Gasteiger partial charge in [-0.25, -0.2) is 0 Å². The van der Waals surface area contributed by atoms with Crippen molar-refractivity contribution in [3.05, 3.63) is 70.3 Å². The van der Waals surface area contributed by atoms with E-state index >= 15 is 0 Å². The van der Waals surface area contributed by atoms with Crippen LogP contribution in [0.25, 0.3) is 0 Å². The molecule has 4 rings (SSSR count). The third-order valence-electron chi connectivity index (χ3n) is 6.16. The highest BCUT2D eigenvalue weighted by molar-refractivity contribution is 5.92. The summed E-state index contributed by atoms with van der Waals surface area (Å²) in [6.45, 7) is 7.90. The Labute approximate surface area is 149 Å². The third-order valence-corrected chi connectivity index (χ3v) is 6.16. The second kappa shape index (κ2) is 6.30. The van der Waals surface area contributed by atoms with E-state index < -0.39 is 0 Å². The Morgan fingerprint density at radius 2 is 1.92 bits per heavy atom. The number of carbonyl (C=O) groups excluding carboxylic acids is 1. The van der Waals surface area contributed by atoms with Gasteiger partial charge < -0.3 is 10.6 Å². The Balaban J connectivity index is 1.76. The first kappa shape index (κ1) is 16.3. The van der Waals surface area contributed by atoms with Gasteiger partial charge in [0.1, 0.15) is 0 Å². The molecule has 25 heavy (non-hydrogen) atoms. The number of hydrogen-bond acceptors (Lipinski definition) is 2. The van der Waals surface area contributed by atoms with Crippen molar-refractivity contribution in [2.45, 2.75) is 32.1 Å². The third kappa shape index (κ3) is 2.77. The molecule has 1 saturated heterocycles. The first-order valence-electron chi connectivity index (χ1n) is 9.31. The molecular formula is C22H26N2O. The van der Waals surface area contributed by atoms with Crippen LogP contribution in [-0.2, 0) is 0 Å². The van der Waals surface area contributed by atoms with Crippen LogP contribution in [-0.4, -0.2) is 30.4 Å². The van der Waals surface area contributed by atoms with Crippen LogP contribution in [0.15, 0.2) is 42.5 Å². The van der Waals surface area contributed by atoms with Crippen LogP contribution in [0.5, 0.6) is 0 Å². The minimum atomic E-state index is -0.358. The standard InChI is InChI=1S/C22H26N2O/c1-3-24-11-10-18-20(13-24)17-9-4-14(2)12-19(17)21(18)15-5-7-16(8-6-15)22(23)25/h4-9,12,18,20-21H,3,10-11,13H2,1-2H3,(H2,23,25)/t18-,20-,21+/m1/s1. The smallest absolute Gasteiger partial charge is 0.248 e. The molecule has 3 atom stereocenters. The monoisotopic (exact) mass is 334 g/mol. The van der Waals surface area contributed by atoms with Gasteiger partial charge in [-0.3, -0.25) is 4.79 Å². The Kier molecular flexibility index (Phi) is 4.12. The van der Waals surface area contributed by atoms with Crippen LogP contribution in [0.2, 0.25) is 0 Å². The summed E-state index contributed by atoms with van der Waals surface area (Å²) >= 11 is 0. The fourth-order valence-corrected chi connectivity index (χ4v) is 4.87. The van der Waals surface area contributed by atoms with Gasteiger partial charge in [0.2, 0.25) is 5.91 Å². The first-order valence-corrected chi connectivity index (χ1v) is 9.31. The minimum absolute atomic E-state index is 0.358. The van der Waals surface area contributed by atoms with E-state index in [1.54, 1.807) is 0 Å². The van der Waals surface area contributed by atoms with Gasteiger partial charge in [0.25, 0.3) is 0 Å². The number of piperidine rings is 1. The maximum atomic E-state index is 11.4. The van der Waals surface area contributed by atoms with Crippen molar-refractivity contribution in [2.75, 3.05) is 19.6 Å². The molecule has 2 N–H and O–H groups in total. The molecule has 1 amide bonds. The van der Waals surface area contributed by atoms with Crippen LogP contribution in [0.4, 0.5) is 0 Å². The molecule has 0 unspecified atom stereocenters. The van der Waals surface area contributed by atoms with Gasteiger partial charge in [0.05, 0.1) is 0 Å². The number of nitrogens with two attached hydrogens (primary N) is 1. The van der Waals surface area contributed by atoms with Crippen molar-refractivity contribution in [1.82, 2.24) is 4.90 Å². The number of fused-ring (bicyclic) bond motifs is 3. The van der Waals surface area contributed by atoms with E-state index in [0.717, 1.165) is 13.1 Å². The Hall–Kier alpha value is -2.13. The molecule has 1 aliphatic carbocycles. The maximum Gasteiger partial charge on any atom is 0.248 e. The summed E-state index contributed by atoms with van der Waals surface area (Å²) < 4.78 is 0. The van der Waals surface area contributed by atoms with Gasteiger partial charge in [-0.2, -0.15) is 0 Å². The molecule has 2 aromatic carbocycles. The fraction of sp³-hybridized carbons (Fsp3) is 0.409. The molecule has 0 bridgehead atoms. The van der Waals surface area contributed by atoms with Crippen LogP contribution >= 0.6 is 0 Å². The van der Waals surface area contributed by atoms with Gasteiger partial charge >= 0.3 is 0 Å². The second-order valence-electron chi connectivity index (χ2n) is 7.55. The fourth-order valence-electron chi connectivity index (χ4n) is 4.87. The molecule has 0 spiro atoms. The van der Waals surface area contributed by atoms with Crippen LogP contribution in [0.1, 0.15) is 57.8 Å². The van der Waals surface area contributed by atoms with Crippen LogP contribution < -0.4 is 5.73 Å². The molecule has 3 heteroatoms. The number of nitrogens with zero attached hydrogens (tertiary/aromatic N) is 1. The van der Waals surface area contributed by atoms with Crippen LogP contribution in [0.3, 0.4) is 0 Å². The zero-order valence-electron chi connectivity index (χ0n) is 15.0. The molecule has 2 aromatic rings. The average Bonchev–Trinajstić information content (AvgIpc) is 2.94. The van der Waals surface area contributed by atoms with Crippen molar-refractivity contribution < 1.29 is 4.79 Å². The lowest BCUT2D eigenvalue weighted by Crippen LogP contribution is -2.38. The predicted octanol–water partition coefficient (Wildman–Crippen LogP) is 3.66. The van der Waals surface area contributed by atoms with Gasteiger partial charge in [-0.05, 0) is 61.2 Å². The number of likely N-dealkylation sites (N-methyl/N-ethyl adjacent to an activating group) is 1. The van der Waals surface area contributed by atoms with E-state index in [1.807, 2.05) is 12.1 Å². The number of hydrogen-bond donors (Lipinski definition) is 1. The lowest BCUT2D eigenvalue weighted by atomic mass is 9.78. The molecule has 0 radical (unpaired) electrons. The summed E-state index contributed by atoms with van der Waals surface area (Å²) in [5, 5.41) is 0. The molecule has 0 saturated carbocycles. The number of benzene rings is 2. The molecule has 1 aliphatic heterocycles. The summed E-state index contributed by atoms with van der Waals surface area (Å²) in [7, 11) is 0. The lowest BCUT2D eigenvalue weighted by molar-refractivity contribution is 0.100. The van der Waals surface area contributed by atoms with E-state index in [9.17, 15) is 4.79 Å². The summed E-state index contributed by atoms with van der Waals surface area (Å²) in [6.07, 6.45) is 1.23. The number of likely N-dealkylation sites (tertiary alicyclic amines) is 1. The van der Waals surface area contributed by atoms with Gasteiger partial charge in [-0.1, -0.05) is 42.8 Å². The maximum absolute atomic E-state index is 11.4. The SMILES string of the molecule is CCN1CC[C@H]2[C@H](c3ccc(C(N)=O)cc3)c3cc(C)ccc3[C@H]2C1. The second-order valence-corrected chi connectivity index (χ2v) is 7.55. The topological polar surface area (TPSA) is 46.3 Å². The van der Waals surface area contributed by atoms with Gasteiger partial charge in [0.15, 0.2) is 0 Å². The molecule has 0 aromatic heterocycles. The number of aryl methyl sites for hydroxylation is 1.